The van der Waals surface area contributed by atoms with Gasteiger partial charge in [-0.3, -0.25) is 9.97 Å². The van der Waals surface area contributed by atoms with Crippen LogP contribution in [0.5, 0.6) is 0 Å². The van der Waals surface area contributed by atoms with Crippen molar-refractivity contribution in [2.45, 2.75) is 0 Å². The van der Waals surface area contributed by atoms with Crippen molar-refractivity contribution < 1.29 is 0 Å². The first-order chi connectivity index (χ1) is 7.36. The molecule has 2 heterocycles. The molecule has 0 amide bonds. The minimum absolute atomic E-state index is 0.721. The first-order valence-corrected chi connectivity index (χ1v) is 5.02. The van der Waals surface area contributed by atoms with Crippen LogP contribution in [0.3, 0.4) is 0 Å². The van der Waals surface area contributed by atoms with E-state index < -0.39 is 0 Å². The van der Waals surface area contributed by atoms with Gasteiger partial charge >= 0.3 is 0 Å². The summed E-state index contributed by atoms with van der Waals surface area (Å²) in [7, 11) is 0. The quantitative estimate of drug-likeness (QED) is 0.536. The van der Waals surface area contributed by atoms with Gasteiger partial charge in [0.2, 0.25) is 0 Å². The molecule has 0 aliphatic rings. The molecule has 0 radical (unpaired) electrons. The molecule has 0 aliphatic heterocycles. The van der Waals surface area contributed by atoms with Gasteiger partial charge in [0.1, 0.15) is 0 Å². The molecule has 0 saturated carbocycles. The molecule has 3 aromatic rings. The van der Waals surface area contributed by atoms with E-state index in [1.54, 1.807) is 18.5 Å². The number of para-hydroxylation sites is 1. The number of fused-ring (bicyclic) bond motifs is 3. The Hall–Kier alpha value is -1.67. The predicted molar refractivity (Wildman–Crippen MR) is 62.1 cm³/mol. The van der Waals surface area contributed by atoms with Gasteiger partial charge in [-0.05, 0) is 12.1 Å². The van der Waals surface area contributed by atoms with Gasteiger partial charge in [0.05, 0.1) is 22.3 Å². The minimum Gasteiger partial charge on any atom is -0.255 e. The summed E-state index contributed by atoms with van der Waals surface area (Å²) in [6.07, 6.45) is 3.45. The summed E-state index contributed by atoms with van der Waals surface area (Å²) >= 11 is 6.17. The molecule has 0 unspecified atom stereocenters. The van der Waals surface area contributed by atoms with Crippen molar-refractivity contribution in [3.05, 3.63) is 47.7 Å². The summed E-state index contributed by atoms with van der Waals surface area (Å²) in [5, 5.41) is 2.75. The largest absolute Gasteiger partial charge is 0.255 e. The van der Waals surface area contributed by atoms with E-state index in [4.69, 9.17) is 11.6 Å². The molecule has 72 valence electrons. The molecule has 1 aromatic carbocycles. The second-order valence-electron chi connectivity index (χ2n) is 3.33. The Morgan fingerprint density at radius 3 is 2.73 bits per heavy atom. The van der Waals surface area contributed by atoms with Gasteiger partial charge in [-0.2, -0.15) is 0 Å². The summed E-state index contributed by atoms with van der Waals surface area (Å²) in [6, 6.07) is 9.73. The maximum atomic E-state index is 6.17. The predicted octanol–water partition coefficient (Wildman–Crippen LogP) is 3.44. The van der Waals surface area contributed by atoms with Crippen LogP contribution < -0.4 is 0 Å². The van der Waals surface area contributed by atoms with Crippen LogP contribution in [0.2, 0.25) is 5.02 Å². The van der Waals surface area contributed by atoms with Crippen LogP contribution in [-0.4, -0.2) is 9.97 Å². The smallest absolute Gasteiger partial charge is 0.0906 e. The zero-order valence-electron chi connectivity index (χ0n) is 7.81. The van der Waals surface area contributed by atoms with E-state index in [1.165, 1.54) is 0 Å². The van der Waals surface area contributed by atoms with Gasteiger partial charge in [0.15, 0.2) is 0 Å². The molecule has 0 fully saturated rings. The molecule has 0 aliphatic carbocycles. The molecule has 0 atom stereocenters. The summed E-state index contributed by atoms with van der Waals surface area (Å²) in [4.78, 5) is 8.57. The Morgan fingerprint density at radius 2 is 1.80 bits per heavy atom. The van der Waals surface area contributed by atoms with Crippen molar-refractivity contribution >= 4 is 33.4 Å². The Balaban J connectivity index is 2.64. The Morgan fingerprint density at radius 1 is 0.933 bits per heavy atom. The fourth-order valence-electron chi connectivity index (χ4n) is 1.75. The number of pyridine rings is 2. The van der Waals surface area contributed by atoms with E-state index in [0.29, 0.717) is 0 Å². The zero-order valence-corrected chi connectivity index (χ0v) is 8.57. The highest BCUT2D eigenvalue weighted by Gasteiger charge is 2.04. The molecule has 2 aromatic heterocycles. The van der Waals surface area contributed by atoms with E-state index in [2.05, 4.69) is 9.97 Å². The van der Waals surface area contributed by atoms with E-state index in [0.717, 1.165) is 26.8 Å². The lowest BCUT2D eigenvalue weighted by molar-refractivity contribution is 1.36. The molecule has 0 N–H and O–H groups in total. The summed E-state index contributed by atoms with van der Waals surface area (Å²) < 4.78 is 0. The Bertz CT molecular complexity index is 649. The molecular formula is C12H7ClN2. The molecule has 2 nitrogen and oxygen atoms in total. The van der Waals surface area contributed by atoms with Crippen molar-refractivity contribution in [3.63, 3.8) is 0 Å². The molecular weight excluding hydrogens is 208 g/mol. The maximum absolute atomic E-state index is 6.17. The van der Waals surface area contributed by atoms with Crippen LogP contribution in [0.25, 0.3) is 21.8 Å². The average Bonchev–Trinajstić information content (AvgIpc) is 2.29. The summed E-state index contributed by atoms with van der Waals surface area (Å²) in [5.74, 6) is 0. The third kappa shape index (κ3) is 1.26. The van der Waals surface area contributed by atoms with Gasteiger partial charge < -0.3 is 0 Å². The number of hydrogen-bond donors (Lipinski definition) is 0. The van der Waals surface area contributed by atoms with E-state index in [-0.39, 0.29) is 0 Å². The second kappa shape index (κ2) is 3.17. The van der Waals surface area contributed by atoms with Crippen LogP contribution in [-0.2, 0) is 0 Å². The number of nitrogens with zero attached hydrogens (tertiary/aromatic N) is 2. The van der Waals surface area contributed by atoms with Crippen LogP contribution in [0.4, 0.5) is 0 Å². The topological polar surface area (TPSA) is 25.8 Å². The van der Waals surface area contributed by atoms with Crippen molar-refractivity contribution in [1.82, 2.24) is 9.97 Å². The van der Waals surface area contributed by atoms with Gasteiger partial charge in [-0.1, -0.05) is 29.8 Å². The third-order valence-corrected chi connectivity index (χ3v) is 2.74. The highest BCUT2D eigenvalue weighted by atomic mass is 35.5. The van der Waals surface area contributed by atoms with Crippen LogP contribution in [0, 0.1) is 0 Å². The normalized spacial score (nSPS) is 11.0. The maximum Gasteiger partial charge on any atom is 0.0906 e. The van der Waals surface area contributed by atoms with Crippen molar-refractivity contribution in [1.29, 1.82) is 0 Å². The molecule has 0 saturated heterocycles. The monoisotopic (exact) mass is 214 g/mol. The highest BCUT2D eigenvalue weighted by Crippen LogP contribution is 2.27. The van der Waals surface area contributed by atoms with Gasteiger partial charge in [0.25, 0.3) is 0 Å². The average molecular weight is 215 g/mol. The molecule has 0 bridgehead atoms. The number of rotatable bonds is 0. The third-order valence-electron chi connectivity index (χ3n) is 2.43. The number of benzene rings is 1. The summed E-state index contributed by atoms with van der Waals surface area (Å²) in [6.45, 7) is 0. The zero-order chi connectivity index (χ0) is 10.3. The molecule has 3 rings (SSSR count). The van der Waals surface area contributed by atoms with E-state index in [9.17, 15) is 0 Å². The van der Waals surface area contributed by atoms with E-state index in [1.807, 2.05) is 24.3 Å². The molecule has 0 spiro atoms. The number of hydrogen-bond acceptors (Lipinski definition) is 2. The lowest BCUT2D eigenvalue weighted by Crippen LogP contribution is -1.84. The standard InChI is InChI=1S/C12H7ClN2/c13-9-5-6-14-11-7-15-10-4-2-1-3-8(10)12(9)11/h1-7H. The SMILES string of the molecule is Clc1ccnc2cnc3ccccc3c12. The highest BCUT2D eigenvalue weighted by molar-refractivity contribution is 6.37. The van der Waals surface area contributed by atoms with Gasteiger partial charge in [-0.15, -0.1) is 0 Å². The van der Waals surface area contributed by atoms with Gasteiger partial charge in [-0.25, -0.2) is 0 Å². The molecule has 15 heavy (non-hydrogen) atoms. The van der Waals surface area contributed by atoms with Crippen molar-refractivity contribution in [2.24, 2.45) is 0 Å². The lowest BCUT2D eigenvalue weighted by Gasteiger charge is -2.03. The second-order valence-corrected chi connectivity index (χ2v) is 3.74. The van der Waals surface area contributed by atoms with Crippen LogP contribution in [0.15, 0.2) is 42.7 Å². The Kier molecular flexibility index (Phi) is 1.82. The van der Waals surface area contributed by atoms with Crippen molar-refractivity contribution in [3.8, 4) is 0 Å². The van der Waals surface area contributed by atoms with Crippen LogP contribution >= 0.6 is 11.6 Å². The first-order valence-electron chi connectivity index (χ1n) is 4.64. The first kappa shape index (κ1) is 8.62. The summed E-state index contributed by atoms with van der Waals surface area (Å²) in [5.41, 5.74) is 1.78. The van der Waals surface area contributed by atoms with E-state index >= 15 is 0 Å². The number of halogens is 1. The van der Waals surface area contributed by atoms with Crippen LogP contribution in [0.1, 0.15) is 0 Å². The Labute approximate surface area is 91.5 Å². The minimum atomic E-state index is 0.721. The lowest BCUT2D eigenvalue weighted by atomic mass is 10.1. The van der Waals surface area contributed by atoms with Gasteiger partial charge in [0, 0.05) is 17.0 Å². The fourth-order valence-corrected chi connectivity index (χ4v) is 2.00. The molecule has 3 heteroatoms. The van der Waals surface area contributed by atoms with Crippen molar-refractivity contribution in [2.75, 3.05) is 0 Å². The fraction of sp³-hybridized carbons (Fsp3) is 0. The number of aromatic nitrogens is 2.